The Morgan fingerprint density at radius 1 is 1.28 bits per heavy atom. The number of amides is 2. The highest BCUT2D eigenvalue weighted by Gasteiger charge is 2.06. The first-order valence-electron chi connectivity index (χ1n) is 5.54. The molecule has 0 atom stereocenters. The van der Waals surface area contributed by atoms with Crippen molar-refractivity contribution in [3.05, 3.63) is 23.2 Å². The lowest BCUT2D eigenvalue weighted by molar-refractivity contribution is -0.116. The molecular formula is C12H16ClN3O2. The van der Waals surface area contributed by atoms with E-state index in [4.69, 9.17) is 11.6 Å². The molecule has 1 aromatic carbocycles. The van der Waals surface area contributed by atoms with Crippen LogP contribution >= 0.6 is 11.6 Å². The molecule has 2 amide bonds. The third kappa shape index (κ3) is 4.73. The Bertz CT molecular complexity index is 449. The minimum Gasteiger partial charge on any atom is -0.326 e. The molecule has 3 N–H and O–H groups in total. The summed E-state index contributed by atoms with van der Waals surface area (Å²) >= 11 is 5.92. The number of hydrogen-bond acceptors (Lipinski definition) is 3. The van der Waals surface area contributed by atoms with Crippen molar-refractivity contribution in [2.45, 2.75) is 13.3 Å². The van der Waals surface area contributed by atoms with Crippen molar-refractivity contribution in [1.29, 1.82) is 0 Å². The van der Waals surface area contributed by atoms with Crippen molar-refractivity contribution >= 4 is 34.8 Å². The van der Waals surface area contributed by atoms with Crippen LogP contribution in [0.25, 0.3) is 0 Å². The topological polar surface area (TPSA) is 70.2 Å². The van der Waals surface area contributed by atoms with Gasteiger partial charge in [-0.3, -0.25) is 9.59 Å². The van der Waals surface area contributed by atoms with E-state index >= 15 is 0 Å². The second kappa shape index (κ2) is 6.98. The molecule has 0 aliphatic rings. The first-order valence-corrected chi connectivity index (χ1v) is 5.92. The van der Waals surface area contributed by atoms with E-state index in [-0.39, 0.29) is 11.8 Å². The van der Waals surface area contributed by atoms with E-state index in [9.17, 15) is 9.59 Å². The minimum absolute atomic E-state index is 0.0968. The first-order chi connectivity index (χ1) is 8.52. The van der Waals surface area contributed by atoms with Crippen LogP contribution in [-0.2, 0) is 9.59 Å². The standard InChI is InChI=1S/C12H16ClN3O2/c1-8(17)15-11-7-9(3-4-10(11)13)16-12(18)5-6-14-2/h3-4,7,14H,5-6H2,1-2H3,(H,15,17)(H,16,18). The van der Waals surface area contributed by atoms with Crippen molar-refractivity contribution in [2.24, 2.45) is 0 Å². The quantitative estimate of drug-likeness (QED) is 0.764. The molecule has 98 valence electrons. The van der Waals surface area contributed by atoms with E-state index < -0.39 is 0 Å². The Labute approximate surface area is 111 Å². The van der Waals surface area contributed by atoms with Gasteiger partial charge in [0.15, 0.2) is 0 Å². The van der Waals surface area contributed by atoms with Crippen LogP contribution in [0, 0.1) is 0 Å². The zero-order valence-corrected chi connectivity index (χ0v) is 11.1. The van der Waals surface area contributed by atoms with Gasteiger partial charge >= 0.3 is 0 Å². The van der Waals surface area contributed by atoms with E-state index in [0.29, 0.717) is 29.4 Å². The second-order valence-corrected chi connectivity index (χ2v) is 4.18. The van der Waals surface area contributed by atoms with Crippen LogP contribution < -0.4 is 16.0 Å². The van der Waals surface area contributed by atoms with Crippen LogP contribution in [0.1, 0.15) is 13.3 Å². The Kier molecular flexibility index (Phi) is 5.61. The maximum atomic E-state index is 11.5. The number of rotatable bonds is 5. The summed E-state index contributed by atoms with van der Waals surface area (Å²) < 4.78 is 0. The highest BCUT2D eigenvalue weighted by molar-refractivity contribution is 6.33. The van der Waals surface area contributed by atoms with Crippen molar-refractivity contribution < 1.29 is 9.59 Å². The second-order valence-electron chi connectivity index (χ2n) is 3.78. The van der Waals surface area contributed by atoms with Crippen LogP contribution in [0.5, 0.6) is 0 Å². The molecule has 6 heteroatoms. The predicted octanol–water partition coefficient (Wildman–Crippen LogP) is 1.85. The van der Waals surface area contributed by atoms with Gasteiger partial charge in [0.25, 0.3) is 0 Å². The number of benzene rings is 1. The van der Waals surface area contributed by atoms with Gasteiger partial charge in [-0.05, 0) is 25.2 Å². The van der Waals surface area contributed by atoms with Gasteiger partial charge in [0.05, 0.1) is 10.7 Å². The fourth-order valence-electron chi connectivity index (χ4n) is 1.35. The van der Waals surface area contributed by atoms with Gasteiger partial charge in [-0.2, -0.15) is 0 Å². The summed E-state index contributed by atoms with van der Waals surface area (Å²) in [5, 5.41) is 8.65. The van der Waals surface area contributed by atoms with E-state index in [0.717, 1.165) is 0 Å². The lowest BCUT2D eigenvalue weighted by Gasteiger charge is -2.09. The lowest BCUT2D eigenvalue weighted by atomic mass is 10.2. The highest BCUT2D eigenvalue weighted by atomic mass is 35.5. The van der Waals surface area contributed by atoms with Gasteiger partial charge in [0.2, 0.25) is 11.8 Å². The number of nitrogens with one attached hydrogen (secondary N) is 3. The van der Waals surface area contributed by atoms with E-state index in [2.05, 4.69) is 16.0 Å². The largest absolute Gasteiger partial charge is 0.326 e. The van der Waals surface area contributed by atoms with Crippen molar-refractivity contribution in [3.8, 4) is 0 Å². The molecule has 0 aromatic heterocycles. The lowest BCUT2D eigenvalue weighted by Crippen LogP contribution is -2.18. The molecule has 0 heterocycles. The average Bonchev–Trinajstić information content (AvgIpc) is 2.30. The van der Waals surface area contributed by atoms with Crippen molar-refractivity contribution in [2.75, 3.05) is 24.2 Å². The molecule has 0 saturated carbocycles. The number of carbonyl (C=O) groups excluding carboxylic acids is 2. The zero-order valence-electron chi connectivity index (χ0n) is 10.3. The molecule has 0 spiro atoms. The maximum Gasteiger partial charge on any atom is 0.225 e. The Balaban J connectivity index is 2.72. The number of anilines is 2. The summed E-state index contributed by atoms with van der Waals surface area (Å²) in [6.45, 7) is 2.01. The molecule has 0 saturated heterocycles. The maximum absolute atomic E-state index is 11.5. The van der Waals surface area contributed by atoms with Crippen LogP contribution in [0.15, 0.2) is 18.2 Å². The summed E-state index contributed by atoms with van der Waals surface area (Å²) in [4.78, 5) is 22.5. The summed E-state index contributed by atoms with van der Waals surface area (Å²) in [6, 6.07) is 4.94. The normalized spacial score (nSPS) is 9.94. The Morgan fingerprint density at radius 2 is 2.00 bits per heavy atom. The van der Waals surface area contributed by atoms with E-state index in [1.165, 1.54) is 6.92 Å². The zero-order chi connectivity index (χ0) is 13.5. The van der Waals surface area contributed by atoms with Crippen LogP contribution in [-0.4, -0.2) is 25.4 Å². The van der Waals surface area contributed by atoms with Crippen LogP contribution in [0.2, 0.25) is 5.02 Å². The molecule has 18 heavy (non-hydrogen) atoms. The van der Waals surface area contributed by atoms with E-state index in [1.54, 1.807) is 25.2 Å². The smallest absolute Gasteiger partial charge is 0.225 e. The molecule has 0 fully saturated rings. The molecular weight excluding hydrogens is 254 g/mol. The number of carbonyl (C=O) groups is 2. The summed E-state index contributed by atoms with van der Waals surface area (Å²) in [5.41, 5.74) is 1.08. The monoisotopic (exact) mass is 269 g/mol. The van der Waals surface area contributed by atoms with Gasteiger partial charge in [0.1, 0.15) is 0 Å². The fraction of sp³-hybridized carbons (Fsp3) is 0.333. The average molecular weight is 270 g/mol. The van der Waals surface area contributed by atoms with Crippen LogP contribution in [0.4, 0.5) is 11.4 Å². The molecule has 0 unspecified atom stereocenters. The van der Waals surface area contributed by atoms with Gasteiger partial charge in [-0.1, -0.05) is 11.6 Å². The molecule has 1 rings (SSSR count). The van der Waals surface area contributed by atoms with Gasteiger partial charge in [-0.25, -0.2) is 0 Å². The third-order valence-corrected chi connectivity index (χ3v) is 2.49. The van der Waals surface area contributed by atoms with Crippen LogP contribution in [0.3, 0.4) is 0 Å². The summed E-state index contributed by atoms with van der Waals surface area (Å²) in [7, 11) is 1.78. The molecule has 0 aliphatic heterocycles. The van der Waals surface area contributed by atoms with Gasteiger partial charge in [-0.15, -0.1) is 0 Å². The predicted molar refractivity (Wildman–Crippen MR) is 72.9 cm³/mol. The Morgan fingerprint density at radius 3 is 2.61 bits per heavy atom. The summed E-state index contributed by atoms with van der Waals surface area (Å²) in [5.74, 6) is -0.309. The molecule has 1 aromatic rings. The van der Waals surface area contributed by atoms with Crippen molar-refractivity contribution in [1.82, 2.24) is 5.32 Å². The number of hydrogen-bond donors (Lipinski definition) is 3. The van der Waals surface area contributed by atoms with E-state index in [1.807, 2.05) is 0 Å². The highest BCUT2D eigenvalue weighted by Crippen LogP contribution is 2.25. The molecule has 0 radical (unpaired) electrons. The third-order valence-electron chi connectivity index (χ3n) is 2.16. The molecule has 5 nitrogen and oxygen atoms in total. The number of halogens is 1. The molecule has 0 aliphatic carbocycles. The Hall–Kier alpha value is -1.59. The first kappa shape index (κ1) is 14.5. The summed E-state index contributed by atoms with van der Waals surface area (Å²) in [6.07, 6.45) is 0.384. The van der Waals surface area contributed by atoms with Crippen molar-refractivity contribution in [3.63, 3.8) is 0 Å². The SMILES string of the molecule is CNCCC(=O)Nc1ccc(Cl)c(NC(C)=O)c1. The van der Waals surface area contributed by atoms with Gasteiger partial charge < -0.3 is 16.0 Å². The fourth-order valence-corrected chi connectivity index (χ4v) is 1.52. The molecule has 0 bridgehead atoms. The minimum atomic E-state index is -0.212. The van der Waals surface area contributed by atoms with Gasteiger partial charge in [0, 0.05) is 25.6 Å².